The molecule has 2 aliphatic rings. The topological polar surface area (TPSA) is 249 Å². The minimum absolute atomic E-state index is 0.0360. The highest BCUT2D eigenvalue weighted by Crippen LogP contribution is 2.29. The van der Waals surface area contributed by atoms with Crippen LogP contribution < -0.4 is 26.6 Å². The van der Waals surface area contributed by atoms with Gasteiger partial charge in [-0.2, -0.15) is 0 Å². The molecule has 2 rings (SSSR count). The molecule has 0 radical (unpaired) electrons. The summed E-state index contributed by atoms with van der Waals surface area (Å²) in [5, 5.41) is 64.9. The number of rotatable bonds is 10. The number of hydrogen-bond acceptors (Lipinski definition) is 13. The van der Waals surface area contributed by atoms with Crippen molar-refractivity contribution in [1.29, 1.82) is 0 Å². The van der Waals surface area contributed by atoms with E-state index in [4.69, 9.17) is 31.2 Å². The molecule has 42 heavy (non-hydrogen) atoms. The summed E-state index contributed by atoms with van der Waals surface area (Å²) in [4.78, 5) is 35.5. The minimum Gasteiger partial charge on any atom is -0.444 e. The summed E-state index contributed by atoms with van der Waals surface area (Å²) < 4.78 is 22.5. The normalized spacial score (nSPS) is 33.2. The van der Waals surface area contributed by atoms with Crippen LogP contribution in [0.2, 0.25) is 0 Å². The van der Waals surface area contributed by atoms with E-state index >= 15 is 0 Å². The smallest absolute Gasteiger partial charge is 0.407 e. The number of aliphatic hydroxyl groups excluding tert-OH is 5. The molecular weight excluding hydrogens is 582 g/mol. The number of carbonyl (C=O) groups is 3. The molecule has 2 heterocycles. The van der Waals surface area contributed by atoms with Crippen LogP contribution in [0.15, 0.2) is 0 Å². The number of hydrogen-bond donors (Lipinski definition) is 10. The highest BCUT2D eigenvalue weighted by molar-refractivity contribution is 7.80. The van der Waals surface area contributed by atoms with Crippen molar-refractivity contribution in [1.82, 2.24) is 26.6 Å². The molecule has 0 aromatic rings. The lowest BCUT2D eigenvalue weighted by Gasteiger charge is -2.48. The molecule has 0 aliphatic carbocycles. The third-order valence-electron chi connectivity index (χ3n) is 6.16. The van der Waals surface area contributed by atoms with Crippen molar-refractivity contribution in [3.8, 4) is 0 Å². The van der Waals surface area contributed by atoms with Gasteiger partial charge in [-0.1, -0.05) is 0 Å². The first-order valence-electron chi connectivity index (χ1n) is 13.4. The second kappa shape index (κ2) is 15.9. The summed E-state index contributed by atoms with van der Waals surface area (Å²) in [6, 6.07) is -2.52. The van der Waals surface area contributed by atoms with Crippen LogP contribution >= 0.6 is 12.2 Å². The number of aliphatic hydroxyl groups is 5. The van der Waals surface area contributed by atoms with E-state index in [0.717, 1.165) is 6.92 Å². The predicted octanol–water partition coefficient (Wildman–Crippen LogP) is -4.11. The Labute approximate surface area is 248 Å². The molecule has 2 aliphatic heterocycles. The molecule has 10 N–H and O–H groups in total. The van der Waals surface area contributed by atoms with E-state index in [1.54, 1.807) is 20.8 Å². The van der Waals surface area contributed by atoms with Crippen molar-refractivity contribution >= 4 is 35.2 Å². The quantitative estimate of drug-likeness (QED) is 0.0818. The van der Waals surface area contributed by atoms with Crippen molar-refractivity contribution in [3.05, 3.63) is 0 Å². The van der Waals surface area contributed by atoms with Gasteiger partial charge >= 0.3 is 6.09 Å². The fraction of sp³-hybridized carbons (Fsp3) is 0.833. The SMILES string of the molecule is CC(=O)N[C@@H]1[C@@H](O)[C@H](O[C@@H]2O[C@H](CO)[C@@H](O)[C@H](O)[C@H]2NC(C)=O)[C@@H](CO)O[C@H]1NC(=S)NCCNC(=O)OC(C)(C)C. The first-order chi connectivity index (χ1) is 19.6. The number of ether oxygens (including phenoxy) is 4. The van der Waals surface area contributed by atoms with Crippen molar-refractivity contribution in [2.24, 2.45) is 0 Å². The fourth-order valence-electron chi connectivity index (χ4n) is 4.36. The van der Waals surface area contributed by atoms with Gasteiger partial charge in [-0.3, -0.25) is 9.59 Å². The van der Waals surface area contributed by atoms with E-state index in [-0.39, 0.29) is 18.2 Å². The standard InChI is InChI=1S/C24H43N5O12S/c1-10(32)27-14-18(36)19(40-21-15(28-11(2)33)17(35)16(34)12(8-30)39-21)13(9-31)38-20(14)29-22(42)25-6-7-26-23(37)41-24(3,4)5/h12-21,30-31,34-36H,6-9H2,1-5H3,(H,26,37)(H,27,32)(H,28,33)(H2,25,29,42)/t12-,13-,14-,15-,16-,17-,18-,19-,20-,21+/m1/s1. The van der Waals surface area contributed by atoms with Crippen LogP contribution in [-0.2, 0) is 28.5 Å². The summed E-state index contributed by atoms with van der Waals surface area (Å²) in [6.07, 6.45) is -12.0. The molecule has 0 spiro atoms. The van der Waals surface area contributed by atoms with Gasteiger partial charge in [0, 0.05) is 26.9 Å². The molecule has 0 aromatic heterocycles. The average Bonchev–Trinajstić information content (AvgIpc) is 2.88. The molecule has 17 nitrogen and oxygen atoms in total. The summed E-state index contributed by atoms with van der Waals surface area (Å²) in [6.45, 7) is 6.51. The first-order valence-corrected chi connectivity index (χ1v) is 13.8. The molecule has 2 saturated heterocycles. The van der Waals surface area contributed by atoms with Crippen LogP contribution in [0, 0.1) is 0 Å². The Balaban J connectivity index is 2.12. The van der Waals surface area contributed by atoms with E-state index in [2.05, 4.69) is 26.6 Å². The van der Waals surface area contributed by atoms with Crippen LogP contribution in [0.5, 0.6) is 0 Å². The van der Waals surface area contributed by atoms with Crippen molar-refractivity contribution in [2.45, 2.75) is 101 Å². The zero-order valence-electron chi connectivity index (χ0n) is 24.1. The van der Waals surface area contributed by atoms with Crippen LogP contribution in [0.4, 0.5) is 4.79 Å². The van der Waals surface area contributed by atoms with Crippen molar-refractivity contribution < 1.29 is 58.9 Å². The Hall–Kier alpha value is -2.42. The van der Waals surface area contributed by atoms with Gasteiger partial charge in [0.1, 0.15) is 54.3 Å². The lowest BCUT2D eigenvalue weighted by Crippen LogP contribution is -2.71. The fourth-order valence-corrected chi connectivity index (χ4v) is 4.58. The Kier molecular flexibility index (Phi) is 13.5. The van der Waals surface area contributed by atoms with Crippen LogP contribution in [0.1, 0.15) is 34.6 Å². The molecule has 0 unspecified atom stereocenters. The largest absolute Gasteiger partial charge is 0.444 e. The highest BCUT2D eigenvalue weighted by Gasteiger charge is 2.51. The Morgan fingerprint density at radius 1 is 0.810 bits per heavy atom. The van der Waals surface area contributed by atoms with E-state index in [1.165, 1.54) is 6.92 Å². The Morgan fingerprint density at radius 2 is 1.38 bits per heavy atom. The van der Waals surface area contributed by atoms with Gasteiger partial charge < -0.3 is 71.1 Å². The maximum absolute atomic E-state index is 12.0. The molecule has 0 aromatic carbocycles. The summed E-state index contributed by atoms with van der Waals surface area (Å²) in [5.74, 6) is -1.13. The number of carbonyl (C=O) groups excluding carboxylic acids is 3. The Morgan fingerprint density at radius 3 is 1.93 bits per heavy atom. The zero-order chi connectivity index (χ0) is 31.8. The van der Waals surface area contributed by atoms with E-state index in [0.29, 0.717) is 0 Å². The maximum Gasteiger partial charge on any atom is 0.407 e. The van der Waals surface area contributed by atoms with E-state index in [9.17, 15) is 39.9 Å². The molecule has 3 amide bonds. The zero-order valence-corrected chi connectivity index (χ0v) is 24.9. The van der Waals surface area contributed by atoms with Crippen molar-refractivity contribution in [3.63, 3.8) is 0 Å². The second-order valence-corrected chi connectivity index (χ2v) is 11.3. The molecule has 18 heteroatoms. The van der Waals surface area contributed by atoms with Gasteiger partial charge in [0.05, 0.1) is 13.2 Å². The van der Waals surface area contributed by atoms with Crippen LogP contribution in [-0.4, -0.2) is 142 Å². The molecule has 242 valence electrons. The van der Waals surface area contributed by atoms with Crippen LogP contribution in [0.3, 0.4) is 0 Å². The monoisotopic (exact) mass is 625 g/mol. The highest BCUT2D eigenvalue weighted by atomic mass is 32.1. The van der Waals surface area contributed by atoms with Gasteiger partial charge in [-0.25, -0.2) is 4.79 Å². The molecule has 2 fully saturated rings. The molecule has 10 atom stereocenters. The van der Waals surface area contributed by atoms with Crippen LogP contribution in [0.25, 0.3) is 0 Å². The average molecular weight is 626 g/mol. The number of alkyl carbamates (subject to hydrolysis) is 1. The van der Waals surface area contributed by atoms with Crippen molar-refractivity contribution in [2.75, 3.05) is 26.3 Å². The lowest BCUT2D eigenvalue weighted by atomic mass is 9.94. The molecular formula is C24H43N5O12S. The molecule has 0 bridgehead atoms. The summed E-state index contributed by atoms with van der Waals surface area (Å²) in [5.41, 5.74) is -0.660. The predicted molar refractivity (Wildman–Crippen MR) is 148 cm³/mol. The summed E-state index contributed by atoms with van der Waals surface area (Å²) in [7, 11) is 0. The third kappa shape index (κ3) is 10.4. The van der Waals surface area contributed by atoms with E-state index in [1.807, 2.05) is 0 Å². The second-order valence-electron chi connectivity index (χ2n) is 10.9. The first kappa shape index (κ1) is 35.8. The number of thiocarbonyl (C=S) groups is 1. The van der Waals surface area contributed by atoms with Gasteiger partial charge in [-0.15, -0.1) is 0 Å². The lowest BCUT2D eigenvalue weighted by molar-refractivity contribution is -0.315. The van der Waals surface area contributed by atoms with E-state index < -0.39 is 97.9 Å². The van der Waals surface area contributed by atoms with Gasteiger partial charge in [0.2, 0.25) is 11.8 Å². The maximum atomic E-state index is 12.0. The van der Waals surface area contributed by atoms with Gasteiger partial charge in [0.15, 0.2) is 17.6 Å². The Bertz CT molecular complexity index is 940. The van der Waals surface area contributed by atoms with Gasteiger partial charge in [0.25, 0.3) is 0 Å². The summed E-state index contributed by atoms with van der Waals surface area (Å²) >= 11 is 5.28. The molecule has 0 saturated carbocycles. The van der Waals surface area contributed by atoms with Gasteiger partial charge in [-0.05, 0) is 33.0 Å². The number of nitrogens with one attached hydrogen (secondary N) is 5. The third-order valence-corrected chi connectivity index (χ3v) is 6.42. The minimum atomic E-state index is -1.62. The number of amides is 3.